The van der Waals surface area contributed by atoms with E-state index in [0.29, 0.717) is 34.1 Å². The van der Waals surface area contributed by atoms with Gasteiger partial charge in [0.2, 0.25) is 11.8 Å². The minimum Gasteiger partial charge on any atom is -0.354 e. The third-order valence-electron chi connectivity index (χ3n) is 6.81. The van der Waals surface area contributed by atoms with E-state index < -0.39 is 6.04 Å². The summed E-state index contributed by atoms with van der Waals surface area (Å²) in [5.74, 6) is -1.24. The zero-order chi connectivity index (χ0) is 28.6. The van der Waals surface area contributed by atoms with Crippen LogP contribution in [0.4, 0.5) is 0 Å². The number of benzene rings is 3. The van der Waals surface area contributed by atoms with E-state index in [0.717, 1.165) is 17.5 Å². The van der Waals surface area contributed by atoms with Crippen molar-refractivity contribution in [1.82, 2.24) is 15.1 Å². The maximum Gasteiger partial charge on any atom is 0.261 e. The van der Waals surface area contributed by atoms with Gasteiger partial charge in [0.1, 0.15) is 6.04 Å². The number of fused-ring (bicyclic) bond motifs is 1. The lowest BCUT2D eigenvalue weighted by Crippen LogP contribution is -2.50. The molecule has 1 aliphatic rings. The maximum atomic E-state index is 13.8. The van der Waals surface area contributed by atoms with E-state index in [4.69, 9.17) is 23.2 Å². The number of carbonyl (C=O) groups excluding carboxylic acids is 4. The van der Waals surface area contributed by atoms with Gasteiger partial charge in [-0.25, -0.2) is 0 Å². The summed E-state index contributed by atoms with van der Waals surface area (Å²) in [6.07, 6.45) is 1.38. The molecule has 0 spiro atoms. The van der Waals surface area contributed by atoms with Crippen LogP contribution in [0.25, 0.3) is 0 Å². The minimum atomic E-state index is -0.782. The third kappa shape index (κ3) is 6.90. The van der Waals surface area contributed by atoms with Crippen molar-refractivity contribution in [1.29, 1.82) is 0 Å². The molecule has 1 atom stereocenters. The summed E-state index contributed by atoms with van der Waals surface area (Å²) >= 11 is 12.4. The summed E-state index contributed by atoms with van der Waals surface area (Å²) in [6, 6.07) is 20.6. The fourth-order valence-electron chi connectivity index (χ4n) is 4.73. The molecule has 0 unspecified atom stereocenters. The second-order valence-corrected chi connectivity index (χ2v) is 10.5. The van der Waals surface area contributed by atoms with Crippen molar-refractivity contribution in [2.75, 3.05) is 13.1 Å². The Hall–Kier alpha value is -3.68. The van der Waals surface area contributed by atoms with Crippen LogP contribution in [0.15, 0.2) is 72.8 Å². The fourth-order valence-corrected chi connectivity index (χ4v) is 5.05. The van der Waals surface area contributed by atoms with E-state index in [2.05, 4.69) is 5.32 Å². The second-order valence-electron chi connectivity index (χ2n) is 9.68. The first-order valence-electron chi connectivity index (χ1n) is 13.3. The van der Waals surface area contributed by atoms with Gasteiger partial charge in [-0.3, -0.25) is 24.1 Å². The normalized spacial score (nSPS) is 13.2. The molecule has 4 amide bonds. The Morgan fingerprint density at radius 2 is 1.52 bits per heavy atom. The van der Waals surface area contributed by atoms with E-state index in [1.165, 1.54) is 4.90 Å². The molecule has 7 nitrogen and oxygen atoms in total. The Bertz CT molecular complexity index is 1360. The summed E-state index contributed by atoms with van der Waals surface area (Å²) in [5, 5.41) is 3.69. The molecule has 1 heterocycles. The molecular formula is C31H31Cl2N3O4. The smallest absolute Gasteiger partial charge is 0.261 e. The van der Waals surface area contributed by atoms with Gasteiger partial charge in [-0.15, -0.1) is 0 Å². The number of carbonyl (C=O) groups is 4. The molecule has 0 aromatic heterocycles. The molecule has 0 bridgehead atoms. The van der Waals surface area contributed by atoms with Crippen LogP contribution in [-0.2, 0) is 22.6 Å². The van der Waals surface area contributed by atoms with Crippen LogP contribution < -0.4 is 5.32 Å². The lowest BCUT2D eigenvalue weighted by Gasteiger charge is -2.32. The first-order valence-corrected chi connectivity index (χ1v) is 14.1. The summed E-state index contributed by atoms with van der Waals surface area (Å²) in [5.41, 5.74) is 2.38. The molecule has 3 aromatic carbocycles. The van der Waals surface area contributed by atoms with Gasteiger partial charge in [-0.1, -0.05) is 78.7 Å². The summed E-state index contributed by atoms with van der Waals surface area (Å²) in [7, 11) is 0. The lowest BCUT2D eigenvalue weighted by atomic mass is 10.0. The number of rotatable bonds is 12. The first kappa shape index (κ1) is 29.3. The van der Waals surface area contributed by atoms with Crippen molar-refractivity contribution in [3.63, 3.8) is 0 Å². The van der Waals surface area contributed by atoms with Gasteiger partial charge in [0, 0.05) is 32.5 Å². The van der Waals surface area contributed by atoms with Gasteiger partial charge in [0.05, 0.1) is 21.2 Å². The number of amides is 4. The predicted molar refractivity (Wildman–Crippen MR) is 155 cm³/mol. The van der Waals surface area contributed by atoms with Crippen LogP contribution >= 0.6 is 23.2 Å². The van der Waals surface area contributed by atoms with E-state index in [1.807, 2.05) is 37.3 Å². The number of hydrogen-bond acceptors (Lipinski definition) is 4. The Kier molecular flexibility index (Phi) is 9.96. The molecule has 1 aliphatic heterocycles. The quantitative estimate of drug-likeness (QED) is 0.285. The Balaban J connectivity index is 1.55. The van der Waals surface area contributed by atoms with Gasteiger partial charge in [-0.2, -0.15) is 0 Å². The zero-order valence-electron chi connectivity index (χ0n) is 22.2. The first-order chi connectivity index (χ1) is 19.3. The largest absolute Gasteiger partial charge is 0.354 e. The van der Waals surface area contributed by atoms with Gasteiger partial charge < -0.3 is 10.2 Å². The van der Waals surface area contributed by atoms with Crippen LogP contribution in [0.2, 0.25) is 10.0 Å². The van der Waals surface area contributed by atoms with Crippen LogP contribution in [0.5, 0.6) is 0 Å². The van der Waals surface area contributed by atoms with Gasteiger partial charge in [0.15, 0.2) is 0 Å². The van der Waals surface area contributed by atoms with Crippen LogP contribution in [-0.4, -0.2) is 52.6 Å². The molecule has 0 aliphatic carbocycles. The molecule has 1 N–H and O–H groups in total. The Labute approximate surface area is 244 Å². The summed E-state index contributed by atoms with van der Waals surface area (Å²) < 4.78 is 0. The number of nitrogens with one attached hydrogen (secondary N) is 1. The number of halogens is 2. The number of imide groups is 1. The summed E-state index contributed by atoms with van der Waals surface area (Å²) in [4.78, 5) is 55.4. The molecule has 3 aromatic rings. The minimum absolute atomic E-state index is 0.0427. The van der Waals surface area contributed by atoms with Gasteiger partial charge >= 0.3 is 0 Å². The standard InChI is InChI=1S/C31H31Cl2N3O4/c1-2-16-34-29(38)27(19-21-9-4-3-5-10-21)36(20-22-14-15-25(32)26(33)18-22)28(37)13-8-17-35-30(39)23-11-6-7-12-24(23)31(35)40/h3-7,9-12,14-15,18,27H,2,8,13,16-17,19-20H2,1H3,(H,34,38)/t27-/m0/s1. The number of hydrogen-bond donors (Lipinski definition) is 1. The fraction of sp³-hybridized carbons (Fsp3) is 0.290. The van der Waals surface area contributed by atoms with E-state index in [-0.39, 0.29) is 49.6 Å². The molecule has 9 heteroatoms. The van der Waals surface area contributed by atoms with Crippen molar-refractivity contribution in [3.8, 4) is 0 Å². The van der Waals surface area contributed by atoms with Crippen molar-refractivity contribution in [2.45, 2.75) is 45.2 Å². The van der Waals surface area contributed by atoms with Gasteiger partial charge in [0.25, 0.3) is 11.8 Å². The van der Waals surface area contributed by atoms with E-state index >= 15 is 0 Å². The predicted octanol–water partition coefficient (Wildman–Crippen LogP) is 5.54. The van der Waals surface area contributed by atoms with Crippen LogP contribution in [0.1, 0.15) is 58.0 Å². The highest BCUT2D eigenvalue weighted by molar-refractivity contribution is 6.42. The third-order valence-corrected chi connectivity index (χ3v) is 7.55. The maximum absolute atomic E-state index is 13.8. The molecule has 0 fully saturated rings. The highest BCUT2D eigenvalue weighted by atomic mass is 35.5. The summed E-state index contributed by atoms with van der Waals surface area (Å²) in [6.45, 7) is 2.69. The monoisotopic (exact) mass is 579 g/mol. The molecule has 0 saturated carbocycles. The molecular weight excluding hydrogens is 549 g/mol. The lowest BCUT2D eigenvalue weighted by molar-refractivity contribution is -0.141. The topological polar surface area (TPSA) is 86.8 Å². The highest BCUT2D eigenvalue weighted by Gasteiger charge is 2.35. The second kappa shape index (κ2) is 13.6. The van der Waals surface area contributed by atoms with Crippen molar-refractivity contribution in [2.24, 2.45) is 0 Å². The van der Waals surface area contributed by atoms with Crippen molar-refractivity contribution in [3.05, 3.63) is 105 Å². The van der Waals surface area contributed by atoms with Crippen molar-refractivity contribution < 1.29 is 19.2 Å². The zero-order valence-corrected chi connectivity index (χ0v) is 23.8. The van der Waals surface area contributed by atoms with Crippen molar-refractivity contribution >= 4 is 46.8 Å². The average molecular weight is 581 g/mol. The van der Waals surface area contributed by atoms with Gasteiger partial charge in [-0.05, 0) is 48.2 Å². The van der Waals surface area contributed by atoms with E-state index in [1.54, 1.807) is 47.4 Å². The van der Waals surface area contributed by atoms with Crippen LogP contribution in [0.3, 0.4) is 0 Å². The molecule has 0 radical (unpaired) electrons. The SMILES string of the molecule is CCCNC(=O)[C@H](Cc1ccccc1)N(Cc1ccc(Cl)c(Cl)c1)C(=O)CCCN1C(=O)c2ccccc2C1=O. The van der Waals surface area contributed by atoms with Crippen LogP contribution in [0, 0.1) is 0 Å². The highest BCUT2D eigenvalue weighted by Crippen LogP contribution is 2.26. The average Bonchev–Trinajstić information content (AvgIpc) is 3.20. The molecule has 208 valence electrons. The van der Waals surface area contributed by atoms with E-state index in [9.17, 15) is 19.2 Å². The molecule has 0 saturated heterocycles. The number of nitrogens with zero attached hydrogens (tertiary/aromatic N) is 2. The molecule has 40 heavy (non-hydrogen) atoms. The Morgan fingerprint density at radius 1 is 0.875 bits per heavy atom. The molecule has 4 rings (SSSR count). The Morgan fingerprint density at radius 3 is 2.15 bits per heavy atom.